The van der Waals surface area contributed by atoms with E-state index in [1.54, 1.807) is 0 Å². The van der Waals surface area contributed by atoms with Crippen LogP contribution in [0.15, 0.2) is 12.1 Å². The Morgan fingerprint density at radius 2 is 1.75 bits per heavy atom. The van der Waals surface area contributed by atoms with Crippen molar-refractivity contribution in [3.8, 4) is 17.2 Å². The first kappa shape index (κ1) is 15.0. The zero-order valence-electron chi connectivity index (χ0n) is 11.6. The molecule has 2 rings (SSSR count). The minimum atomic E-state index is -4.00. The molecule has 112 valence electrons. The lowest BCUT2D eigenvalue weighted by Gasteiger charge is -2.07. The molecule has 0 spiro atoms. The third-order valence-corrected chi connectivity index (χ3v) is 4.11. The summed E-state index contributed by atoms with van der Waals surface area (Å²) in [6.45, 7) is 2.17. The van der Waals surface area contributed by atoms with Crippen LogP contribution in [0.3, 0.4) is 0 Å². The van der Waals surface area contributed by atoms with Crippen LogP contribution in [0.2, 0.25) is 0 Å². The number of unbranched alkanes of at least 4 members (excludes halogenated alkanes) is 5. The van der Waals surface area contributed by atoms with E-state index in [0.29, 0.717) is 12.0 Å². The third-order valence-electron chi connectivity index (χ3n) is 3.36. The molecule has 0 bridgehead atoms. The maximum Gasteiger partial charge on any atom is 0.501 e. The van der Waals surface area contributed by atoms with Gasteiger partial charge in [-0.15, -0.1) is 8.42 Å². The quantitative estimate of drug-likeness (QED) is 0.782. The van der Waals surface area contributed by atoms with Crippen LogP contribution < -0.4 is 8.37 Å². The summed E-state index contributed by atoms with van der Waals surface area (Å²) in [7, 11) is -4.00. The molecule has 0 aromatic heterocycles. The minimum Gasteiger partial charge on any atom is -0.508 e. The highest BCUT2D eigenvalue weighted by atomic mass is 32.3. The van der Waals surface area contributed by atoms with Gasteiger partial charge in [0.05, 0.1) is 0 Å². The molecule has 0 saturated carbocycles. The molecule has 0 unspecified atom stereocenters. The second-order valence-corrected chi connectivity index (χ2v) is 6.13. The molecule has 0 amide bonds. The Hall–Kier alpha value is -1.43. The van der Waals surface area contributed by atoms with Crippen LogP contribution in [-0.2, 0) is 16.8 Å². The zero-order valence-corrected chi connectivity index (χ0v) is 12.4. The van der Waals surface area contributed by atoms with Crippen molar-refractivity contribution in [2.75, 3.05) is 0 Å². The summed E-state index contributed by atoms with van der Waals surface area (Å²) < 4.78 is 32.0. The number of phenolic OH excluding ortho intramolecular Hbond substituents is 1. The summed E-state index contributed by atoms with van der Waals surface area (Å²) in [5.41, 5.74) is 0.513. The van der Waals surface area contributed by atoms with Crippen LogP contribution in [0.25, 0.3) is 0 Å². The van der Waals surface area contributed by atoms with E-state index in [1.165, 1.54) is 31.4 Å². The van der Waals surface area contributed by atoms with Gasteiger partial charge in [0.1, 0.15) is 5.75 Å². The fourth-order valence-corrected chi connectivity index (χ4v) is 3.08. The summed E-state index contributed by atoms with van der Waals surface area (Å²) in [4.78, 5) is 0. The molecule has 1 N–H and O–H groups in total. The molecule has 0 radical (unpaired) electrons. The molecule has 6 heteroatoms. The molecule has 1 heterocycles. The first-order valence-electron chi connectivity index (χ1n) is 7.02. The van der Waals surface area contributed by atoms with Gasteiger partial charge in [0.2, 0.25) is 0 Å². The van der Waals surface area contributed by atoms with Gasteiger partial charge in [-0.05, 0) is 25.0 Å². The van der Waals surface area contributed by atoms with Crippen molar-refractivity contribution in [3.63, 3.8) is 0 Å². The Morgan fingerprint density at radius 1 is 1.05 bits per heavy atom. The van der Waals surface area contributed by atoms with Crippen molar-refractivity contribution in [1.29, 1.82) is 0 Å². The summed E-state index contributed by atoms with van der Waals surface area (Å²) >= 11 is 0. The number of fused-ring (bicyclic) bond motifs is 1. The van der Waals surface area contributed by atoms with Crippen molar-refractivity contribution >= 4 is 10.4 Å². The van der Waals surface area contributed by atoms with Gasteiger partial charge in [0.25, 0.3) is 0 Å². The number of hydrogen-bond acceptors (Lipinski definition) is 5. The third kappa shape index (κ3) is 3.56. The average Bonchev–Trinajstić information content (AvgIpc) is 2.70. The minimum absolute atomic E-state index is 0.0537. The van der Waals surface area contributed by atoms with Crippen LogP contribution >= 0.6 is 0 Å². The van der Waals surface area contributed by atoms with Crippen molar-refractivity contribution in [2.24, 2.45) is 0 Å². The molecule has 1 aromatic rings. The van der Waals surface area contributed by atoms with Gasteiger partial charge in [-0.2, -0.15) is 0 Å². The average molecular weight is 300 g/mol. The lowest BCUT2D eigenvalue weighted by atomic mass is 10.0. The van der Waals surface area contributed by atoms with Crippen LogP contribution in [0.4, 0.5) is 0 Å². The van der Waals surface area contributed by atoms with Gasteiger partial charge in [0, 0.05) is 5.56 Å². The highest BCUT2D eigenvalue weighted by molar-refractivity contribution is 7.82. The number of aromatic hydroxyl groups is 1. The van der Waals surface area contributed by atoms with E-state index in [-0.39, 0.29) is 17.2 Å². The SMILES string of the molecule is CCCCCCCCc1c(O)ccc2c1OS(=O)(=O)O2. The van der Waals surface area contributed by atoms with Gasteiger partial charge in [-0.3, -0.25) is 0 Å². The van der Waals surface area contributed by atoms with Crippen LogP contribution in [0.5, 0.6) is 17.2 Å². The normalized spacial score (nSPS) is 15.4. The summed E-state index contributed by atoms with van der Waals surface area (Å²) in [6.07, 6.45) is 7.33. The Kier molecular flexibility index (Phi) is 4.75. The van der Waals surface area contributed by atoms with E-state index in [9.17, 15) is 13.5 Å². The lowest BCUT2D eigenvalue weighted by Crippen LogP contribution is -2.08. The van der Waals surface area contributed by atoms with Crippen molar-refractivity contribution in [2.45, 2.75) is 51.9 Å². The topological polar surface area (TPSA) is 72.8 Å². The largest absolute Gasteiger partial charge is 0.508 e. The highest BCUT2D eigenvalue weighted by Crippen LogP contribution is 2.43. The Morgan fingerprint density at radius 3 is 2.50 bits per heavy atom. The maximum absolute atomic E-state index is 11.3. The summed E-state index contributed by atoms with van der Waals surface area (Å²) in [5, 5.41) is 9.86. The first-order valence-corrected chi connectivity index (χ1v) is 8.35. The summed E-state index contributed by atoms with van der Waals surface area (Å²) in [6, 6.07) is 2.84. The van der Waals surface area contributed by atoms with Crippen molar-refractivity contribution in [1.82, 2.24) is 0 Å². The van der Waals surface area contributed by atoms with E-state index < -0.39 is 10.4 Å². The van der Waals surface area contributed by atoms with Gasteiger partial charge >= 0.3 is 10.4 Å². The van der Waals surface area contributed by atoms with Crippen LogP contribution in [-0.4, -0.2) is 13.5 Å². The second kappa shape index (κ2) is 6.35. The van der Waals surface area contributed by atoms with Gasteiger partial charge in [-0.1, -0.05) is 39.0 Å². The second-order valence-electron chi connectivity index (χ2n) is 4.98. The molecule has 0 fully saturated rings. The smallest absolute Gasteiger partial charge is 0.501 e. The monoisotopic (exact) mass is 300 g/mol. The molecular formula is C14H20O5S. The first-order chi connectivity index (χ1) is 9.53. The zero-order chi connectivity index (χ0) is 14.6. The molecule has 5 nitrogen and oxygen atoms in total. The van der Waals surface area contributed by atoms with E-state index >= 15 is 0 Å². The fraction of sp³-hybridized carbons (Fsp3) is 0.571. The molecule has 0 atom stereocenters. The van der Waals surface area contributed by atoms with Crippen LogP contribution in [0.1, 0.15) is 51.0 Å². The van der Waals surface area contributed by atoms with E-state index in [2.05, 4.69) is 11.1 Å². The van der Waals surface area contributed by atoms with Crippen molar-refractivity contribution in [3.05, 3.63) is 17.7 Å². The molecule has 1 aliphatic heterocycles. The number of benzene rings is 1. The Bertz CT molecular complexity index is 565. The van der Waals surface area contributed by atoms with E-state index in [0.717, 1.165) is 19.3 Å². The molecule has 0 saturated heterocycles. The van der Waals surface area contributed by atoms with Gasteiger partial charge < -0.3 is 13.5 Å². The van der Waals surface area contributed by atoms with Crippen LogP contribution in [0, 0.1) is 0 Å². The predicted octanol–water partition coefficient (Wildman–Crippen LogP) is 3.31. The van der Waals surface area contributed by atoms with Crippen molar-refractivity contribution < 1.29 is 21.9 Å². The Balaban J connectivity index is 1.97. The fourth-order valence-electron chi connectivity index (χ4n) is 2.31. The van der Waals surface area contributed by atoms with Gasteiger partial charge in [0.15, 0.2) is 11.5 Å². The van der Waals surface area contributed by atoms with E-state index in [1.807, 2.05) is 0 Å². The standard InChI is InChI=1S/C14H20O5S/c1-2-3-4-5-6-7-8-11-12(15)9-10-13-14(11)19-20(16,17)18-13/h9-10,15H,2-8H2,1H3. The lowest BCUT2D eigenvalue weighted by molar-refractivity contribution is 0.433. The van der Waals surface area contributed by atoms with Gasteiger partial charge in [-0.25, -0.2) is 0 Å². The highest BCUT2D eigenvalue weighted by Gasteiger charge is 2.31. The maximum atomic E-state index is 11.3. The molecule has 0 aliphatic carbocycles. The molecule has 20 heavy (non-hydrogen) atoms. The predicted molar refractivity (Wildman–Crippen MR) is 75.4 cm³/mol. The number of phenols is 1. The molecule has 1 aliphatic rings. The Labute approximate surface area is 119 Å². The summed E-state index contributed by atoms with van der Waals surface area (Å²) in [5.74, 6) is 0.348. The number of rotatable bonds is 7. The van der Waals surface area contributed by atoms with E-state index in [4.69, 9.17) is 4.18 Å². The number of hydrogen-bond donors (Lipinski definition) is 1. The molecule has 1 aromatic carbocycles. The molecular weight excluding hydrogens is 280 g/mol.